The summed E-state index contributed by atoms with van der Waals surface area (Å²) in [5, 5.41) is 3.71. The lowest BCUT2D eigenvalue weighted by molar-refractivity contribution is 0.331. The van der Waals surface area contributed by atoms with Crippen molar-refractivity contribution in [2.45, 2.75) is 38.6 Å². The Morgan fingerprint density at radius 1 is 1.32 bits per heavy atom. The van der Waals surface area contributed by atoms with E-state index in [4.69, 9.17) is 0 Å². The van der Waals surface area contributed by atoms with Gasteiger partial charge in [-0.2, -0.15) is 0 Å². The molecule has 0 radical (unpaired) electrons. The van der Waals surface area contributed by atoms with Crippen molar-refractivity contribution in [1.29, 1.82) is 0 Å². The number of halogens is 1. The second kappa shape index (κ2) is 4.78. The van der Waals surface area contributed by atoms with Gasteiger partial charge in [0.25, 0.3) is 0 Å². The first-order valence-electron chi connectivity index (χ1n) is 7.34. The Labute approximate surface area is 115 Å². The zero-order valence-corrected chi connectivity index (χ0v) is 11.9. The Hall–Kier alpha value is -1.09. The molecule has 1 aromatic rings. The molecule has 1 aromatic carbocycles. The van der Waals surface area contributed by atoms with Crippen LogP contribution in [0.25, 0.3) is 0 Å². The molecule has 1 N–H and O–H groups in total. The first-order chi connectivity index (χ1) is 9.07. The summed E-state index contributed by atoms with van der Waals surface area (Å²) >= 11 is 0. The summed E-state index contributed by atoms with van der Waals surface area (Å²) in [5.74, 6) is 0.670. The van der Waals surface area contributed by atoms with Gasteiger partial charge >= 0.3 is 0 Å². The van der Waals surface area contributed by atoms with Crippen molar-refractivity contribution < 1.29 is 4.39 Å². The number of rotatable bonds is 2. The maximum absolute atomic E-state index is 13.6. The van der Waals surface area contributed by atoms with Crippen LogP contribution in [0.2, 0.25) is 0 Å². The van der Waals surface area contributed by atoms with Crippen LogP contribution in [0.15, 0.2) is 18.2 Å². The molecule has 0 bridgehead atoms. The largest absolute Gasteiger partial charge is 0.370 e. The lowest BCUT2D eigenvalue weighted by Crippen LogP contribution is -2.51. The molecule has 0 aromatic heterocycles. The van der Waals surface area contributed by atoms with Crippen LogP contribution in [0, 0.1) is 18.7 Å². The van der Waals surface area contributed by atoms with E-state index in [2.05, 4.69) is 23.2 Å². The van der Waals surface area contributed by atoms with Crippen molar-refractivity contribution in [3.05, 3.63) is 29.6 Å². The summed E-state index contributed by atoms with van der Waals surface area (Å²) in [5.41, 5.74) is 2.23. The van der Waals surface area contributed by atoms with Gasteiger partial charge in [-0.3, -0.25) is 0 Å². The number of benzene rings is 1. The Morgan fingerprint density at radius 2 is 2.11 bits per heavy atom. The lowest BCUT2D eigenvalue weighted by Gasteiger charge is -2.35. The van der Waals surface area contributed by atoms with Crippen LogP contribution < -0.4 is 10.2 Å². The van der Waals surface area contributed by atoms with Crippen LogP contribution in [-0.4, -0.2) is 25.2 Å². The Kier molecular flexibility index (Phi) is 3.25. The molecular formula is C16H23FN2. The summed E-state index contributed by atoms with van der Waals surface area (Å²) in [7, 11) is 0. The van der Waals surface area contributed by atoms with Crippen molar-refractivity contribution in [1.82, 2.24) is 5.32 Å². The highest BCUT2D eigenvalue weighted by Gasteiger charge is 2.43. The van der Waals surface area contributed by atoms with E-state index in [-0.39, 0.29) is 11.4 Å². The van der Waals surface area contributed by atoms with Crippen molar-refractivity contribution in [2.75, 3.05) is 24.5 Å². The number of anilines is 1. The fourth-order valence-electron chi connectivity index (χ4n) is 3.29. The third kappa shape index (κ3) is 2.76. The highest BCUT2D eigenvalue weighted by atomic mass is 19.1. The van der Waals surface area contributed by atoms with Crippen LogP contribution in [-0.2, 0) is 0 Å². The summed E-state index contributed by atoms with van der Waals surface area (Å²) in [6.07, 6.45) is 3.79. The first-order valence-corrected chi connectivity index (χ1v) is 7.34. The van der Waals surface area contributed by atoms with Gasteiger partial charge in [0.05, 0.1) is 0 Å². The lowest BCUT2D eigenvalue weighted by atomic mass is 9.95. The van der Waals surface area contributed by atoms with Crippen molar-refractivity contribution >= 4 is 5.69 Å². The van der Waals surface area contributed by atoms with Crippen molar-refractivity contribution in [3.8, 4) is 0 Å². The van der Waals surface area contributed by atoms with E-state index >= 15 is 0 Å². The highest BCUT2D eigenvalue weighted by Crippen LogP contribution is 2.41. The minimum absolute atomic E-state index is 0.125. The number of hydrogen-bond acceptors (Lipinski definition) is 2. The molecule has 2 nitrogen and oxygen atoms in total. The highest BCUT2D eigenvalue weighted by molar-refractivity contribution is 5.49. The van der Waals surface area contributed by atoms with Gasteiger partial charge in [0.15, 0.2) is 0 Å². The van der Waals surface area contributed by atoms with Gasteiger partial charge in [-0.1, -0.05) is 0 Å². The average molecular weight is 262 g/mol. The Morgan fingerprint density at radius 3 is 2.79 bits per heavy atom. The molecule has 0 amide bonds. The normalized spacial score (nSPS) is 28.3. The molecule has 1 saturated heterocycles. The van der Waals surface area contributed by atoms with Crippen LogP contribution in [0.5, 0.6) is 0 Å². The zero-order valence-electron chi connectivity index (χ0n) is 11.9. The predicted molar refractivity (Wildman–Crippen MR) is 77.1 cm³/mol. The number of hydrogen-bond donors (Lipinski definition) is 1. The Bertz CT molecular complexity index is 450. The number of nitrogens with zero attached hydrogens (tertiary/aromatic N) is 1. The third-order valence-electron chi connectivity index (χ3n) is 4.52. The van der Waals surface area contributed by atoms with E-state index in [9.17, 15) is 4.39 Å². The second-order valence-electron chi connectivity index (χ2n) is 6.38. The monoisotopic (exact) mass is 262 g/mol. The van der Waals surface area contributed by atoms with Gasteiger partial charge in [0, 0.05) is 24.3 Å². The van der Waals surface area contributed by atoms with E-state index in [1.54, 1.807) is 12.1 Å². The zero-order chi connectivity index (χ0) is 13.5. The Balaban J connectivity index is 1.85. The van der Waals surface area contributed by atoms with Gasteiger partial charge in [0.2, 0.25) is 0 Å². The smallest absolute Gasteiger partial charge is 0.125 e. The minimum atomic E-state index is -0.125. The molecule has 1 heterocycles. The van der Waals surface area contributed by atoms with Crippen molar-refractivity contribution in [2.24, 2.45) is 5.92 Å². The van der Waals surface area contributed by atoms with Crippen LogP contribution in [0.1, 0.15) is 31.7 Å². The molecule has 1 aliphatic heterocycles. The van der Waals surface area contributed by atoms with E-state index < -0.39 is 0 Å². The van der Waals surface area contributed by atoms with E-state index in [0.29, 0.717) is 0 Å². The standard InChI is InChI=1S/C16H23FN2/c1-12-8-14(17)10-15(9-12)19-7-3-6-18-16(2,11-19)13-4-5-13/h8-10,13,18H,3-7,11H2,1-2H3. The fourth-order valence-corrected chi connectivity index (χ4v) is 3.29. The molecular weight excluding hydrogens is 239 g/mol. The third-order valence-corrected chi connectivity index (χ3v) is 4.52. The molecule has 2 aliphatic rings. The molecule has 1 atom stereocenters. The molecule has 3 heteroatoms. The SMILES string of the molecule is Cc1cc(F)cc(N2CCCNC(C)(C3CC3)C2)c1. The van der Waals surface area contributed by atoms with Gasteiger partial charge in [-0.15, -0.1) is 0 Å². The van der Waals surface area contributed by atoms with Crippen LogP contribution >= 0.6 is 0 Å². The van der Waals surface area contributed by atoms with E-state index in [0.717, 1.165) is 43.2 Å². The van der Waals surface area contributed by atoms with Gasteiger partial charge in [-0.25, -0.2) is 4.39 Å². The molecule has 19 heavy (non-hydrogen) atoms. The van der Waals surface area contributed by atoms with Crippen LogP contribution in [0.3, 0.4) is 0 Å². The molecule has 1 saturated carbocycles. The van der Waals surface area contributed by atoms with Gasteiger partial charge in [-0.05, 0) is 69.3 Å². The van der Waals surface area contributed by atoms with E-state index in [1.807, 2.05) is 6.92 Å². The van der Waals surface area contributed by atoms with Crippen molar-refractivity contribution in [3.63, 3.8) is 0 Å². The summed E-state index contributed by atoms with van der Waals surface area (Å²) < 4.78 is 13.6. The molecule has 1 aliphatic carbocycles. The number of aryl methyl sites for hydroxylation is 1. The van der Waals surface area contributed by atoms with Gasteiger partial charge < -0.3 is 10.2 Å². The minimum Gasteiger partial charge on any atom is -0.370 e. The molecule has 2 fully saturated rings. The first kappa shape index (κ1) is 12.9. The topological polar surface area (TPSA) is 15.3 Å². The molecule has 3 rings (SSSR count). The number of nitrogens with one attached hydrogen (secondary N) is 1. The molecule has 0 spiro atoms. The quantitative estimate of drug-likeness (QED) is 0.881. The second-order valence-corrected chi connectivity index (χ2v) is 6.38. The van der Waals surface area contributed by atoms with Crippen LogP contribution in [0.4, 0.5) is 10.1 Å². The maximum Gasteiger partial charge on any atom is 0.125 e. The molecule has 104 valence electrons. The fraction of sp³-hybridized carbons (Fsp3) is 0.625. The average Bonchev–Trinajstić information content (AvgIpc) is 3.13. The van der Waals surface area contributed by atoms with Gasteiger partial charge in [0.1, 0.15) is 5.82 Å². The van der Waals surface area contributed by atoms with E-state index in [1.165, 1.54) is 12.8 Å². The summed E-state index contributed by atoms with van der Waals surface area (Å²) in [6, 6.07) is 5.37. The maximum atomic E-state index is 13.6. The predicted octanol–water partition coefficient (Wildman–Crippen LogP) is 3.10. The summed E-state index contributed by atoms with van der Waals surface area (Å²) in [4.78, 5) is 2.36. The molecule has 1 unspecified atom stereocenters. The summed E-state index contributed by atoms with van der Waals surface area (Å²) in [6.45, 7) is 7.36.